The van der Waals surface area contributed by atoms with E-state index in [9.17, 15) is 13.6 Å². The molecule has 3 aromatic rings. The molecule has 0 unspecified atom stereocenters. The molecule has 1 aromatic carbocycles. The van der Waals surface area contributed by atoms with Crippen LogP contribution in [0.3, 0.4) is 0 Å². The molecule has 0 N–H and O–H groups in total. The Bertz CT molecular complexity index is 1060. The van der Waals surface area contributed by atoms with Gasteiger partial charge in [0.05, 0.1) is 6.04 Å². The molecular weight excluding hydrogens is 386 g/mol. The molecular formula is C18H16F2N6OS. The Labute approximate surface area is 163 Å². The minimum atomic E-state index is -0.777. The van der Waals surface area contributed by atoms with Crippen molar-refractivity contribution in [2.24, 2.45) is 0 Å². The van der Waals surface area contributed by atoms with Crippen LogP contribution in [0.1, 0.15) is 53.7 Å². The number of rotatable bonds is 3. The first-order valence-corrected chi connectivity index (χ1v) is 9.82. The molecule has 0 bridgehead atoms. The van der Waals surface area contributed by atoms with Crippen molar-refractivity contribution in [1.82, 2.24) is 29.0 Å². The van der Waals surface area contributed by atoms with E-state index in [-0.39, 0.29) is 11.6 Å². The second-order valence-corrected chi connectivity index (χ2v) is 7.85. The van der Waals surface area contributed by atoms with Crippen LogP contribution in [0.4, 0.5) is 8.78 Å². The Morgan fingerprint density at radius 3 is 2.61 bits per heavy atom. The van der Waals surface area contributed by atoms with Gasteiger partial charge in [0.15, 0.2) is 16.7 Å². The lowest BCUT2D eigenvalue weighted by molar-refractivity contribution is 0.0637. The molecule has 2 aromatic heterocycles. The van der Waals surface area contributed by atoms with Crippen molar-refractivity contribution in [2.45, 2.75) is 38.3 Å². The van der Waals surface area contributed by atoms with Crippen molar-refractivity contribution in [3.63, 3.8) is 0 Å². The quantitative estimate of drug-likeness (QED) is 0.673. The smallest absolute Gasteiger partial charge is 0.254 e. The summed E-state index contributed by atoms with van der Waals surface area (Å²) in [4.78, 5) is 18.9. The lowest BCUT2D eigenvalue weighted by atomic mass is 10.1. The van der Waals surface area contributed by atoms with E-state index in [0.717, 1.165) is 41.9 Å². The average Bonchev–Trinajstić information content (AvgIpc) is 3.23. The Balaban J connectivity index is 1.43. The molecule has 1 aliphatic heterocycles. The second kappa shape index (κ2) is 6.40. The maximum absolute atomic E-state index is 13.5. The van der Waals surface area contributed by atoms with Crippen LogP contribution < -0.4 is 0 Å². The van der Waals surface area contributed by atoms with Gasteiger partial charge in [0, 0.05) is 30.6 Å². The molecule has 3 heterocycles. The summed E-state index contributed by atoms with van der Waals surface area (Å²) in [6.45, 7) is 2.68. The van der Waals surface area contributed by atoms with E-state index >= 15 is 0 Å². The van der Waals surface area contributed by atoms with Crippen LogP contribution in [0.2, 0.25) is 0 Å². The van der Waals surface area contributed by atoms with Gasteiger partial charge in [-0.1, -0.05) is 0 Å². The summed E-state index contributed by atoms with van der Waals surface area (Å²) in [5.41, 5.74) is -0.0178. The fourth-order valence-electron chi connectivity index (χ4n) is 3.50. The summed E-state index contributed by atoms with van der Waals surface area (Å²) in [5.74, 6) is 0.611. The number of hydrogen-bond acceptors (Lipinski definition) is 6. The number of fused-ring (bicyclic) bond motifs is 1. The highest BCUT2D eigenvalue weighted by Gasteiger charge is 2.34. The summed E-state index contributed by atoms with van der Waals surface area (Å²) in [6, 6.07) is 2.45. The molecule has 1 fully saturated rings. The Morgan fingerprint density at radius 2 is 1.89 bits per heavy atom. The van der Waals surface area contributed by atoms with Gasteiger partial charge in [0.1, 0.15) is 17.5 Å². The topological polar surface area (TPSA) is 76.8 Å². The van der Waals surface area contributed by atoms with Gasteiger partial charge in [-0.25, -0.2) is 13.8 Å². The molecule has 1 atom stereocenters. The van der Waals surface area contributed by atoms with Crippen molar-refractivity contribution in [3.8, 4) is 10.8 Å². The number of aromatic nitrogens is 5. The highest BCUT2D eigenvalue weighted by molar-refractivity contribution is 7.09. The second-order valence-electron chi connectivity index (χ2n) is 7.10. The average molecular weight is 402 g/mol. The molecule has 10 heteroatoms. The molecule has 0 radical (unpaired) electrons. The zero-order chi connectivity index (χ0) is 19.4. The van der Waals surface area contributed by atoms with Gasteiger partial charge in [0.25, 0.3) is 5.91 Å². The van der Waals surface area contributed by atoms with E-state index < -0.39 is 17.5 Å². The van der Waals surface area contributed by atoms with Crippen LogP contribution in [-0.4, -0.2) is 41.5 Å². The molecule has 0 saturated heterocycles. The number of benzene rings is 1. The highest BCUT2D eigenvalue weighted by Crippen LogP contribution is 2.40. The predicted molar refractivity (Wildman–Crippen MR) is 96.7 cm³/mol. The molecule has 2 aliphatic rings. The van der Waals surface area contributed by atoms with Crippen LogP contribution >= 0.6 is 11.5 Å². The maximum Gasteiger partial charge on any atom is 0.254 e. The van der Waals surface area contributed by atoms with Crippen molar-refractivity contribution in [2.75, 3.05) is 6.54 Å². The first kappa shape index (κ1) is 17.4. The molecule has 28 heavy (non-hydrogen) atoms. The third-order valence-corrected chi connectivity index (χ3v) is 5.86. The normalized spacial score (nSPS) is 19.0. The Hall–Kier alpha value is -2.75. The number of nitrogens with zero attached hydrogens (tertiary/aromatic N) is 6. The lowest BCUT2D eigenvalue weighted by Crippen LogP contribution is -2.41. The number of halogens is 2. The summed E-state index contributed by atoms with van der Waals surface area (Å²) in [5, 5.41) is 9.25. The maximum atomic E-state index is 13.5. The largest absolute Gasteiger partial charge is 0.327 e. The standard InChI is InChI=1S/C18H16F2N6OS/c1-9-15-22-23-16(17-21-14(24-28-17)10-2-3-10)26(15)5-4-25(9)18(27)11-6-12(19)8-13(20)7-11/h6-10H,2-5H2,1H3/t9-/m1/s1. The summed E-state index contributed by atoms with van der Waals surface area (Å²) in [7, 11) is 0. The van der Waals surface area contributed by atoms with E-state index in [2.05, 4.69) is 19.6 Å². The Kier molecular flexibility index (Phi) is 3.97. The van der Waals surface area contributed by atoms with Crippen LogP contribution in [-0.2, 0) is 6.54 Å². The van der Waals surface area contributed by atoms with Crippen molar-refractivity contribution < 1.29 is 13.6 Å². The van der Waals surface area contributed by atoms with E-state index in [0.29, 0.717) is 30.7 Å². The van der Waals surface area contributed by atoms with Gasteiger partial charge in [-0.05, 0) is 43.4 Å². The predicted octanol–water partition coefficient (Wildman–Crippen LogP) is 3.17. The fourth-order valence-corrected chi connectivity index (χ4v) is 4.23. The van der Waals surface area contributed by atoms with Gasteiger partial charge in [-0.3, -0.25) is 4.79 Å². The van der Waals surface area contributed by atoms with Gasteiger partial charge in [-0.2, -0.15) is 4.37 Å². The fraction of sp³-hybridized carbons (Fsp3) is 0.389. The summed E-state index contributed by atoms with van der Waals surface area (Å²) < 4.78 is 33.4. The highest BCUT2D eigenvalue weighted by atomic mass is 32.1. The Morgan fingerprint density at radius 1 is 1.14 bits per heavy atom. The molecule has 7 nitrogen and oxygen atoms in total. The van der Waals surface area contributed by atoms with Gasteiger partial charge >= 0.3 is 0 Å². The monoisotopic (exact) mass is 402 g/mol. The van der Waals surface area contributed by atoms with Crippen molar-refractivity contribution >= 4 is 17.4 Å². The zero-order valence-corrected chi connectivity index (χ0v) is 15.8. The molecule has 5 rings (SSSR count). The minimum Gasteiger partial charge on any atom is -0.327 e. The first-order valence-electron chi connectivity index (χ1n) is 9.05. The van der Waals surface area contributed by atoms with Gasteiger partial charge in [-0.15, -0.1) is 10.2 Å². The number of carbonyl (C=O) groups is 1. The molecule has 0 spiro atoms. The van der Waals surface area contributed by atoms with Gasteiger partial charge < -0.3 is 9.47 Å². The van der Waals surface area contributed by atoms with Crippen LogP contribution in [0.15, 0.2) is 18.2 Å². The number of hydrogen-bond donors (Lipinski definition) is 0. The third-order valence-electron chi connectivity index (χ3n) is 5.13. The van der Waals surface area contributed by atoms with Crippen LogP contribution in [0.25, 0.3) is 10.8 Å². The van der Waals surface area contributed by atoms with E-state index in [1.54, 1.807) is 4.90 Å². The van der Waals surface area contributed by atoms with Crippen LogP contribution in [0.5, 0.6) is 0 Å². The zero-order valence-electron chi connectivity index (χ0n) is 15.0. The van der Waals surface area contributed by atoms with E-state index in [1.165, 1.54) is 11.5 Å². The molecule has 1 aliphatic carbocycles. The van der Waals surface area contributed by atoms with E-state index in [4.69, 9.17) is 0 Å². The molecule has 1 amide bonds. The summed E-state index contributed by atoms with van der Waals surface area (Å²) in [6.07, 6.45) is 2.26. The van der Waals surface area contributed by atoms with Crippen molar-refractivity contribution in [1.29, 1.82) is 0 Å². The third kappa shape index (κ3) is 2.88. The summed E-state index contributed by atoms with van der Waals surface area (Å²) >= 11 is 1.31. The number of carbonyl (C=O) groups excluding carboxylic acids is 1. The van der Waals surface area contributed by atoms with Gasteiger partial charge in [0.2, 0.25) is 0 Å². The van der Waals surface area contributed by atoms with E-state index in [1.807, 2.05) is 11.5 Å². The number of amides is 1. The van der Waals surface area contributed by atoms with Crippen LogP contribution in [0, 0.1) is 11.6 Å². The molecule has 144 valence electrons. The minimum absolute atomic E-state index is 0.0178. The molecule has 1 saturated carbocycles. The van der Waals surface area contributed by atoms with Crippen molar-refractivity contribution in [3.05, 3.63) is 47.0 Å². The SMILES string of the molecule is C[C@@H]1c2nnc(-c3nc(C4CC4)ns3)n2CCN1C(=O)c1cc(F)cc(F)c1. The first-order chi connectivity index (χ1) is 13.5. The lowest BCUT2D eigenvalue weighted by Gasteiger charge is -2.33.